The van der Waals surface area contributed by atoms with Crippen molar-refractivity contribution in [3.63, 3.8) is 0 Å². The number of amides is 1. The predicted octanol–water partition coefficient (Wildman–Crippen LogP) is 0.810. The highest BCUT2D eigenvalue weighted by Crippen LogP contribution is 2.11. The molecule has 1 aromatic rings. The van der Waals surface area contributed by atoms with Gasteiger partial charge in [-0.3, -0.25) is 4.79 Å². The van der Waals surface area contributed by atoms with Gasteiger partial charge in [0.05, 0.1) is 7.11 Å². The summed E-state index contributed by atoms with van der Waals surface area (Å²) < 4.78 is 4.97. The van der Waals surface area contributed by atoms with Crippen LogP contribution >= 0.6 is 0 Å². The molecular weight excluding hydrogens is 220 g/mol. The van der Waals surface area contributed by atoms with Crippen LogP contribution in [0.2, 0.25) is 0 Å². The molecule has 6 heteroatoms. The summed E-state index contributed by atoms with van der Waals surface area (Å²) in [6, 6.07) is 1.39. The summed E-state index contributed by atoms with van der Waals surface area (Å²) in [5.41, 5.74) is 0. The van der Waals surface area contributed by atoms with Gasteiger partial charge in [0.1, 0.15) is 18.2 Å². The molecule has 1 atom stereocenters. The molecule has 0 fully saturated rings. The van der Waals surface area contributed by atoms with E-state index in [-0.39, 0.29) is 18.0 Å². The van der Waals surface area contributed by atoms with Crippen LogP contribution in [0.3, 0.4) is 0 Å². The minimum Gasteiger partial charge on any atom is -0.481 e. The van der Waals surface area contributed by atoms with Crippen LogP contribution in [-0.4, -0.2) is 35.1 Å². The predicted molar refractivity (Wildman–Crippen MR) is 64.9 cm³/mol. The fourth-order valence-electron chi connectivity index (χ4n) is 1.23. The van der Waals surface area contributed by atoms with Crippen LogP contribution in [-0.2, 0) is 4.79 Å². The van der Waals surface area contributed by atoms with Crippen molar-refractivity contribution in [3.05, 3.63) is 12.4 Å². The van der Waals surface area contributed by atoms with E-state index >= 15 is 0 Å². The molecule has 0 spiro atoms. The van der Waals surface area contributed by atoms with Gasteiger partial charge in [-0.2, -0.15) is 0 Å². The summed E-state index contributed by atoms with van der Waals surface area (Å²) in [6.45, 7) is 5.60. The van der Waals surface area contributed by atoms with E-state index in [1.165, 1.54) is 13.4 Å². The number of aromatic nitrogens is 2. The first-order valence-electron chi connectivity index (χ1n) is 5.46. The van der Waals surface area contributed by atoms with Crippen LogP contribution in [0.5, 0.6) is 5.88 Å². The van der Waals surface area contributed by atoms with Crippen LogP contribution < -0.4 is 15.4 Å². The first-order valence-corrected chi connectivity index (χ1v) is 5.46. The number of hydrogen-bond acceptors (Lipinski definition) is 5. The molecule has 1 heterocycles. The minimum absolute atomic E-state index is 0.0717. The Morgan fingerprint density at radius 1 is 1.35 bits per heavy atom. The second-order valence-electron chi connectivity index (χ2n) is 3.97. The standard InChI is InChI=1S/C11H18N4O2/c1-7(2)14-11(16)8(3)15-9-5-10(17-4)13-6-12-9/h5-8H,1-4H3,(H,14,16)(H,12,13,15). The first kappa shape index (κ1) is 13.2. The van der Waals surface area contributed by atoms with Gasteiger partial charge in [0.2, 0.25) is 11.8 Å². The Hall–Kier alpha value is -1.85. The third kappa shape index (κ3) is 4.26. The molecular formula is C11H18N4O2. The van der Waals surface area contributed by atoms with Crippen LogP contribution in [0.25, 0.3) is 0 Å². The lowest BCUT2D eigenvalue weighted by Gasteiger charge is -2.16. The number of ether oxygens (including phenoxy) is 1. The molecule has 0 aliphatic rings. The molecule has 17 heavy (non-hydrogen) atoms. The van der Waals surface area contributed by atoms with Crippen LogP contribution in [0.15, 0.2) is 12.4 Å². The van der Waals surface area contributed by atoms with Crippen molar-refractivity contribution in [1.82, 2.24) is 15.3 Å². The lowest BCUT2D eigenvalue weighted by Crippen LogP contribution is -2.41. The van der Waals surface area contributed by atoms with Gasteiger partial charge in [0.25, 0.3) is 0 Å². The minimum atomic E-state index is -0.364. The number of carbonyl (C=O) groups excluding carboxylic acids is 1. The number of nitrogens with zero attached hydrogens (tertiary/aromatic N) is 2. The molecule has 0 aliphatic heterocycles. The van der Waals surface area contributed by atoms with Gasteiger partial charge < -0.3 is 15.4 Å². The summed E-state index contributed by atoms with van der Waals surface area (Å²) in [4.78, 5) is 19.6. The van der Waals surface area contributed by atoms with Crippen molar-refractivity contribution < 1.29 is 9.53 Å². The van der Waals surface area contributed by atoms with E-state index < -0.39 is 0 Å². The third-order valence-corrected chi connectivity index (χ3v) is 2.04. The number of methoxy groups -OCH3 is 1. The maximum absolute atomic E-state index is 11.7. The highest BCUT2D eigenvalue weighted by molar-refractivity contribution is 5.84. The van der Waals surface area contributed by atoms with Crippen molar-refractivity contribution in [2.24, 2.45) is 0 Å². The van der Waals surface area contributed by atoms with Crippen LogP contribution in [0.1, 0.15) is 20.8 Å². The van der Waals surface area contributed by atoms with E-state index in [4.69, 9.17) is 4.74 Å². The Bertz CT molecular complexity index is 381. The number of anilines is 1. The Labute approximate surface area is 101 Å². The molecule has 0 aliphatic carbocycles. The van der Waals surface area contributed by atoms with E-state index in [9.17, 15) is 4.79 Å². The van der Waals surface area contributed by atoms with Crippen LogP contribution in [0, 0.1) is 0 Å². The Morgan fingerprint density at radius 3 is 2.65 bits per heavy atom. The number of nitrogens with one attached hydrogen (secondary N) is 2. The SMILES string of the molecule is COc1cc(NC(C)C(=O)NC(C)C)ncn1. The smallest absolute Gasteiger partial charge is 0.242 e. The summed E-state index contributed by atoms with van der Waals surface area (Å²) in [7, 11) is 1.53. The van der Waals surface area contributed by atoms with Gasteiger partial charge in [0, 0.05) is 12.1 Å². The van der Waals surface area contributed by atoms with Crippen molar-refractivity contribution in [2.75, 3.05) is 12.4 Å². The van der Waals surface area contributed by atoms with Gasteiger partial charge in [-0.05, 0) is 20.8 Å². The molecule has 0 aromatic carbocycles. The zero-order valence-corrected chi connectivity index (χ0v) is 10.5. The van der Waals surface area contributed by atoms with Gasteiger partial charge >= 0.3 is 0 Å². The maximum atomic E-state index is 11.7. The topological polar surface area (TPSA) is 76.1 Å². The van der Waals surface area contributed by atoms with Gasteiger partial charge in [-0.1, -0.05) is 0 Å². The van der Waals surface area contributed by atoms with E-state index in [1.807, 2.05) is 13.8 Å². The monoisotopic (exact) mass is 238 g/mol. The summed E-state index contributed by atoms with van der Waals surface area (Å²) >= 11 is 0. The highest BCUT2D eigenvalue weighted by atomic mass is 16.5. The number of rotatable bonds is 5. The summed E-state index contributed by atoms with van der Waals surface area (Å²) in [5, 5.41) is 5.79. The summed E-state index contributed by atoms with van der Waals surface area (Å²) in [6.07, 6.45) is 1.38. The van der Waals surface area contributed by atoms with Gasteiger partial charge in [-0.15, -0.1) is 0 Å². The quantitative estimate of drug-likeness (QED) is 0.794. The first-order chi connectivity index (χ1) is 8.02. The Morgan fingerprint density at radius 2 is 2.06 bits per heavy atom. The lowest BCUT2D eigenvalue weighted by molar-refractivity contribution is -0.122. The van der Waals surface area contributed by atoms with E-state index in [0.717, 1.165) is 0 Å². The maximum Gasteiger partial charge on any atom is 0.242 e. The second-order valence-corrected chi connectivity index (χ2v) is 3.97. The average molecular weight is 238 g/mol. The molecule has 1 rings (SSSR count). The number of hydrogen-bond donors (Lipinski definition) is 2. The van der Waals surface area contributed by atoms with E-state index in [2.05, 4.69) is 20.6 Å². The van der Waals surface area contributed by atoms with Crippen molar-refractivity contribution in [3.8, 4) is 5.88 Å². The molecule has 0 radical (unpaired) electrons. The molecule has 1 unspecified atom stereocenters. The normalized spacial score (nSPS) is 12.1. The Kier molecular flexibility index (Phi) is 4.68. The van der Waals surface area contributed by atoms with Crippen molar-refractivity contribution in [2.45, 2.75) is 32.9 Å². The van der Waals surface area contributed by atoms with Crippen molar-refractivity contribution >= 4 is 11.7 Å². The largest absolute Gasteiger partial charge is 0.481 e. The molecule has 6 nitrogen and oxygen atoms in total. The molecule has 0 saturated carbocycles. The number of carbonyl (C=O) groups is 1. The van der Waals surface area contributed by atoms with Gasteiger partial charge in [-0.25, -0.2) is 9.97 Å². The van der Waals surface area contributed by atoms with Crippen LogP contribution in [0.4, 0.5) is 5.82 Å². The fourth-order valence-corrected chi connectivity index (χ4v) is 1.23. The molecule has 1 amide bonds. The highest BCUT2D eigenvalue weighted by Gasteiger charge is 2.13. The molecule has 1 aromatic heterocycles. The summed E-state index contributed by atoms with van der Waals surface area (Å²) in [5.74, 6) is 0.944. The molecule has 94 valence electrons. The average Bonchev–Trinajstić information content (AvgIpc) is 2.28. The van der Waals surface area contributed by atoms with Crippen molar-refractivity contribution in [1.29, 1.82) is 0 Å². The molecule has 2 N–H and O–H groups in total. The fraction of sp³-hybridized carbons (Fsp3) is 0.545. The van der Waals surface area contributed by atoms with Gasteiger partial charge in [0.15, 0.2) is 0 Å². The zero-order valence-electron chi connectivity index (χ0n) is 10.5. The van der Waals surface area contributed by atoms with E-state index in [1.54, 1.807) is 13.0 Å². The Balaban J connectivity index is 2.60. The van der Waals surface area contributed by atoms with E-state index in [0.29, 0.717) is 11.7 Å². The molecule has 0 saturated heterocycles. The third-order valence-electron chi connectivity index (χ3n) is 2.04. The second kappa shape index (κ2) is 6.03. The lowest BCUT2D eigenvalue weighted by atomic mass is 10.3. The molecule has 0 bridgehead atoms. The zero-order chi connectivity index (χ0) is 12.8.